The van der Waals surface area contributed by atoms with Gasteiger partial charge in [0, 0.05) is 41.8 Å². The zero-order chi connectivity index (χ0) is 20.9. The Balaban J connectivity index is 1.27. The largest absolute Gasteiger partial charge is 0.339 e. The number of hydrogen-bond acceptors (Lipinski definition) is 7. The van der Waals surface area contributed by atoms with Crippen LogP contribution in [0.3, 0.4) is 0 Å². The van der Waals surface area contributed by atoms with E-state index in [-0.39, 0.29) is 17.7 Å². The van der Waals surface area contributed by atoms with E-state index < -0.39 is 0 Å². The molecule has 2 fully saturated rings. The van der Waals surface area contributed by atoms with Gasteiger partial charge >= 0.3 is 0 Å². The van der Waals surface area contributed by atoms with Gasteiger partial charge in [-0.3, -0.25) is 14.5 Å². The highest BCUT2D eigenvalue weighted by molar-refractivity contribution is 7.99. The lowest BCUT2D eigenvalue weighted by Crippen LogP contribution is -2.39. The van der Waals surface area contributed by atoms with Gasteiger partial charge in [-0.1, -0.05) is 11.2 Å². The molecule has 0 unspecified atom stereocenters. The van der Waals surface area contributed by atoms with Gasteiger partial charge in [-0.15, -0.1) is 0 Å². The van der Waals surface area contributed by atoms with Crippen molar-refractivity contribution in [3.63, 3.8) is 0 Å². The van der Waals surface area contributed by atoms with Crippen LogP contribution < -0.4 is 5.32 Å². The summed E-state index contributed by atoms with van der Waals surface area (Å²) in [5, 5.41) is 6.80. The molecule has 3 heterocycles. The van der Waals surface area contributed by atoms with Crippen LogP contribution in [-0.2, 0) is 4.79 Å². The Kier molecular flexibility index (Phi) is 6.69. The fourth-order valence-electron chi connectivity index (χ4n) is 3.90. The maximum absolute atomic E-state index is 12.7. The topological polar surface area (TPSA) is 91.6 Å². The van der Waals surface area contributed by atoms with Gasteiger partial charge in [0.2, 0.25) is 11.8 Å². The minimum Gasteiger partial charge on any atom is -0.339 e. The van der Waals surface area contributed by atoms with Gasteiger partial charge in [0.25, 0.3) is 5.91 Å². The van der Waals surface area contributed by atoms with Crippen LogP contribution in [0.15, 0.2) is 28.8 Å². The lowest BCUT2D eigenvalue weighted by atomic mass is 9.97. The molecule has 1 aromatic heterocycles. The number of carbonyl (C=O) groups excluding carboxylic acids is 2. The predicted molar refractivity (Wildman–Crippen MR) is 116 cm³/mol. The van der Waals surface area contributed by atoms with Gasteiger partial charge in [0.05, 0.1) is 6.54 Å². The third-order valence-corrected chi connectivity index (χ3v) is 6.48. The number of benzene rings is 1. The van der Waals surface area contributed by atoms with E-state index in [0.717, 1.165) is 50.5 Å². The second-order valence-corrected chi connectivity index (χ2v) is 8.99. The van der Waals surface area contributed by atoms with Crippen molar-refractivity contribution >= 4 is 29.3 Å². The number of anilines is 1. The molecule has 2 amide bonds. The Morgan fingerprint density at radius 3 is 2.67 bits per heavy atom. The third-order valence-electron chi connectivity index (χ3n) is 5.54. The molecule has 9 heteroatoms. The molecule has 1 N–H and O–H groups in total. The van der Waals surface area contributed by atoms with Crippen LogP contribution in [0.5, 0.6) is 0 Å². The number of hydrogen-bond donors (Lipinski definition) is 1. The summed E-state index contributed by atoms with van der Waals surface area (Å²) in [6, 6.07) is 7.22. The summed E-state index contributed by atoms with van der Waals surface area (Å²) in [4.78, 5) is 33.5. The van der Waals surface area contributed by atoms with Gasteiger partial charge in [-0.05, 0) is 51.1 Å². The van der Waals surface area contributed by atoms with E-state index in [9.17, 15) is 9.59 Å². The van der Waals surface area contributed by atoms with Crippen molar-refractivity contribution in [1.29, 1.82) is 0 Å². The van der Waals surface area contributed by atoms with Crippen LogP contribution in [-0.4, -0.2) is 76.0 Å². The molecular weight excluding hydrogens is 402 g/mol. The van der Waals surface area contributed by atoms with Gasteiger partial charge in [0.15, 0.2) is 5.82 Å². The van der Waals surface area contributed by atoms with Crippen molar-refractivity contribution < 1.29 is 14.1 Å². The second-order valence-electron chi connectivity index (χ2n) is 7.76. The number of aryl methyl sites for hydroxylation is 1. The van der Waals surface area contributed by atoms with E-state index in [2.05, 4.69) is 20.4 Å². The summed E-state index contributed by atoms with van der Waals surface area (Å²) in [5.74, 6) is 3.54. The molecule has 2 aliphatic rings. The fourth-order valence-corrected chi connectivity index (χ4v) is 4.80. The third kappa shape index (κ3) is 5.20. The first kappa shape index (κ1) is 20.9. The van der Waals surface area contributed by atoms with Gasteiger partial charge < -0.3 is 14.7 Å². The van der Waals surface area contributed by atoms with Crippen molar-refractivity contribution in [2.24, 2.45) is 0 Å². The normalized spacial score (nSPS) is 18.4. The molecule has 4 rings (SSSR count). The SMILES string of the molecule is Cc1noc(C2CCN(CC(=O)Nc3cccc(C(=O)N4CCSCC4)c3)CC2)n1. The lowest BCUT2D eigenvalue weighted by molar-refractivity contribution is -0.117. The Bertz CT molecular complexity index is 888. The Labute approximate surface area is 180 Å². The lowest BCUT2D eigenvalue weighted by Gasteiger charge is -2.29. The van der Waals surface area contributed by atoms with Crippen LogP contribution in [0.1, 0.15) is 40.8 Å². The zero-order valence-corrected chi connectivity index (χ0v) is 18.0. The van der Waals surface area contributed by atoms with Crippen molar-refractivity contribution in [3.8, 4) is 0 Å². The molecule has 8 nitrogen and oxygen atoms in total. The standard InChI is InChI=1S/C21H27N5O3S/c1-15-22-20(29-24-15)16-5-7-25(8-6-16)14-19(27)23-18-4-2-3-17(13-18)21(28)26-9-11-30-12-10-26/h2-4,13,16H,5-12,14H2,1H3,(H,23,27). The highest BCUT2D eigenvalue weighted by Crippen LogP contribution is 2.26. The van der Waals surface area contributed by atoms with E-state index >= 15 is 0 Å². The smallest absolute Gasteiger partial charge is 0.253 e. The molecular formula is C21H27N5O3S. The number of aromatic nitrogens is 2. The predicted octanol–water partition coefficient (Wildman–Crippen LogP) is 2.39. The number of amides is 2. The van der Waals surface area contributed by atoms with Crippen LogP contribution >= 0.6 is 11.8 Å². The minimum atomic E-state index is -0.0685. The first-order valence-electron chi connectivity index (χ1n) is 10.4. The first-order chi connectivity index (χ1) is 14.6. The van der Waals surface area contributed by atoms with E-state index in [1.807, 2.05) is 41.8 Å². The van der Waals surface area contributed by atoms with Gasteiger partial charge in [-0.2, -0.15) is 16.7 Å². The maximum Gasteiger partial charge on any atom is 0.253 e. The fraction of sp³-hybridized carbons (Fsp3) is 0.524. The quantitative estimate of drug-likeness (QED) is 0.780. The summed E-state index contributed by atoms with van der Waals surface area (Å²) in [7, 11) is 0. The van der Waals surface area contributed by atoms with Crippen molar-refractivity contribution in [2.45, 2.75) is 25.7 Å². The van der Waals surface area contributed by atoms with Gasteiger partial charge in [0.1, 0.15) is 0 Å². The number of nitrogens with one attached hydrogen (secondary N) is 1. The second kappa shape index (κ2) is 9.61. The summed E-state index contributed by atoms with van der Waals surface area (Å²) in [5.41, 5.74) is 1.28. The molecule has 2 aliphatic heterocycles. The van der Waals surface area contributed by atoms with E-state index in [1.165, 1.54) is 0 Å². The Morgan fingerprint density at radius 1 is 1.20 bits per heavy atom. The zero-order valence-electron chi connectivity index (χ0n) is 17.2. The first-order valence-corrected chi connectivity index (χ1v) is 11.5. The molecule has 1 aromatic carbocycles. The number of carbonyl (C=O) groups is 2. The Hall–Kier alpha value is -2.39. The highest BCUT2D eigenvalue weighted by atomic mass is 32.2. The number of nitrogens with zero attached hydrogens (tertiary/aromatic N) is 4. The highest BCUT2D eigenvalue weighted by Gasteiger charge is 2.26. The molecule has 160 valence electrons. The summed E-state index contributed by atoms with van der Waals surface area (Å²) in [6.45, 7) is 5.33. The minimum absolute atomic E-state index is 0.0322. The van der Waals surface area contributed by atoms with Crippen LogP contribution in [0.4, 0.5) is 5.69 Å². The summed E-state index contributed by atoms with van der Waals surface area (Å²) in [6.07, 6.45) is 1.79. The molecule has 0 bridgehead atoms. The van der Waals surface area contributed by atoms with Gasteiger partial charge in [-0.25, -0.2) is 0 Å². The molecule has 0 saturated carbocycles. The molecule has 30 heavy (non-hydrogen) atoms. The Morgan fingerprint density at radius 2 is 1.97 bits per heavy atom. The van der Waals surface area contributed by atoms with Crippen molar-refractivity contribution in [1.82, 2.24) is 19.9 Å². The molecule has 0 aliphatic carbocycles. The average molecular weight is 430 g/mol. The average Bonchev–Trinajstić information content (AvgIpc) is 3.21. The summed E-state index contributed by atoms with van der Waals surface area (Å²) < 4.78 is 5.28. The van der Waals surface area contributed by atoms with E-state index in [1.54, 1.807) is 6.07 Å². The van der Waals surface area contributed by atoms with E-state index in [0.29, 0.717) is 29.5 Å². The van der Waals surface area contributed by atoms with Crippen LogP contribution in [0.25, 0.3) is 0 Å². The maximum atomic E-state index is 12.7. The molecule has 0 spiro atoms. The number of thioether (sulfide) groups is 1. The molecule has 0 radical (unpaired) electrons. The monoisotopic (exact) mass is 429 g/mol. The molecule has 2 saturated heterocycles. The van der Waals surface area contributed by atoms with Crippen molar-refractivity contribution in [3.05, 3.63) is 41.5 Å². The number of likely N-dealkylation sites (tertiary alicyclic amines) is 1. The number of piperidine rings is 1. The molecule has 0 atom stereocenters. The number of rotatable bonds is 5. The molecule has 2 aromatic rings. The van der Waals surface area contributed by atoms with Crippen LogP contribution in [0.2, 0.25) is 0 Å². The van der Waals surface area contributed by atoms with Crippen LogP contribution in [0, 0.1) is 6.92 Å². The van der Waals surface area contributed by atoms with E-state index in [4.69, 9.17) is 4.52 Å². The summed E-state index contributed by atoms with van der Waals surface area (Å²) >= 11 is 1.87. The van der Waals surface area contributed by atoms with Crippen molar-refractivity contribution in [2.75, 3.05) is 49.5 Å².